The largest absolute Gasteiger partial charge is 0.385 e. The Kier molecular flexibility index (Phi) is 6.20. The number of hydrogen-bond donors (Lipinski definition) is 0. The van der Waals surface area contributed by atoms with Gasteiger partial charge in [0, 0.05) is 57.0 Å². The molecule has 0 N–H and O–H groups in total. The summed E-state index contributed by atoms with van der Waals surface area (Å²) in [6, 6.07) is 12.3. The summed E-state index contributed by atoms with van der Waals surface area (Å²) in [5.74, 6) is -0.363. The molecule has 0 radical (unpaired) electrons. The van der Waals surface area contributed by atoms with Gasteiger partial charge in [-0.15, -0.1) is 11.3 Å². The number of imide groups is 1. The van der Waals surface area contributed by atoms with E-state index in [-0.39, 0.29) is 11.8 Å². The Balaban J connectivity index is 1.56. The van der Waals surface area contributed by atoms with Gasteiger partial charge in [-0.05, 0) is 42.5 Å². The summed E-state index contributed by atoms with van der Waals surface area (Å²) in [7, 11) is 1.63. The summed E-state index contributed by atoms with van der Waals surface area (Å²) >= 11 is 1.50. The molecule has 1 fully saturated rings. The molecule has 0 atom stereocenters. The highest BCUT2D eigenvalue weighted by molar-refractivity contribution is 7.11. The predicted molar refractivity (Wildman–Crippen MR) is 119 cm³/mol. The number of carbonyl (C=O) groups is 2. The number of thiophene rings is 1. The van der Waals surface area contributed by atoms with Crippen molar-refractivity contribution in [3.63, 3.8) is 0 Å². The first-order valence-corrected chi connectivity index (χ1v) is 11.2. The van der Waals surface area contributed by atoms with Gasteiger partial charge in [0.1, 0.15) is 5.70 Å². The maximum absolute atomic E-state index is 13.3. The molecule has 3 heterocycles. The number of piperazine rings is 1. The van der Waals surface area contributed by atoms with Crippen LogP contribution in [0, 0.1) is 6.92 Å². The quantitative estimate of drug-likeness (QED) is 0.504. The van der Waals surface area contributed by atoms with Crippen LogP contribution >= 0.6 is 11.3 Å². The zero-order valence-electron chi connectivity index (χ0n) is 17.5. The van der Waals surface area contributed by atoms with Gasteiger partial charge in [-0.2, -0.15) is 0 Å². The summed E-state index contributed by atoms with van der Waals surface area (Å²) in [6.07, 6.45) is 0.639. The predicted octanol–water partition coefficient (Wildman–Crippen LogP) is 3.00. The molecule has 4 rings (SSSR count). The number of hydrogen-bond acceptors (Lipinski definition) is 6. The van der Waals surface area contributed by atoms with Gasteiger partial charge in [0.2, 0.25) is 0 Å². The van der Waals surface area contributed by atoms with E-state index in [0.29, 0.717) is 43.9 Å². The first kappa shape index (κ1) is 20.6. The van der Waals surface area contributed by atoms with E-state index in [1.165, 1.54) is 27.5 Å². The summed E-state index contributed by atoms with van der Waals surface area (Å²) in [5, 5.41) is 1.95. The Hall–Kier alpha value is -2.64. The molecule has 0 bridgehead atoms. The molecule has 2 aromatic rings. The van der Waals surface area contributed by atoms with Crippen molar-refractivity contribution in [3.8, 4) is 0 Å². The minimum absolute atomic E-state index is 0.177. The second kappa shape index (κ2) is 9.02. The van der Waals surface area contributed by atoms with Crippen LogP contribution in [-0.2, 0) is 14.3 Å². The molecule has 158 valence electrons. The number of carbonyl (C=O) groups excluding carboxylic acids is 2. The summed E-state index contributed by atoms with van der Waals surface area (Å²) in [6.45, 7) is 6.06. The van der Waals surface area contributed by atoms with E-state index in [1.54, 1.807) is 7.11 Å². The van der Waals surface area contributed by atoms with E-state index >= 15 is 0 Å². The molecule has 0 spiro atoms. The fourth-order valence-electron chi connectivity index (χ4n) is 4.08. The van der Waals surface area contributed by atoms with Gasteiger partial charge in [0.25, 0.3) is 11.8 Å². The number of rotatable bonds is 7. The van der Waals surface area contributed by atoms with Crippen molar-refractivity contribution in [2.24, 2.45) is 0 Å². The third-order valence-corrected chi connectivity index (χ3v) is 6.49. The molecule has 6 nitrogen and oxygen atoms in total. The Morgan fingerprint density at radius 2 is 1.77 bits per heavy atom. The molecule has 0 unspecified atom stereocenters. The van der Waals surface area contributed by atoms with E-state index in [1.807, 2.05) is 17.5 Å². The standard InChI is InChI=1S/C23H27N3O3S/c1-17-6-3-7-18(16-17)24-10-12-25(13-11-24)21-20(19-8-4-15-30-19)22(27)26(23(21)28)9-5-14-29-2/h3-4,6-8,15-16H,5,9-14H2,1-2H3. The first-order valence-electron chi connectivity index (χ1n) is 10.3. The third-order valence-electron chi connectivity index (χ3n) is 5.60. The van der Waals surface area contributed by atoms with Crippen LogP contribution in [0.2, 0.25) is 0 Å². The maximum atomic E-state index is 13.3. The van der Waals surface area contributed by atoms with E-state index in [2.05, 4.69) is 41.0 Å². The molecule has 2 aliphatic rings. The zero-order chi connectivity index (χ0) is 21.1. The molecule has 0 saturated carbocycles. The zero-order valence-corrected chi connectivity index (χ0v) is 18.3. The lowest BCUT2D eigenvalue weighted by atomic mass is 10.1. The fraction of sp³-hybridized carbons (Fsp3) is 0.391. The number of ether oxygens (including phenoxy) is 1. The number of amides is 2. The number of aryl methyl sites for hydroxylation is 1. The number of anilines is 1. The smallest absolute Gasteiger partial charge is 0.277 e. The highest BCUT2D eigenvalue weighted by atomic mass is 32.1. The van der Waals surface area contributed by atoms with Crippen molar-refractivity contribution in [1.82, 2.24) is 9.80 Å². The maximum Gasteiger partial charge on any atom is 0.277 e. The van der Waals surface area contributed by atoms with Crippen LogP contribution in [0.3, 0.4) is 0 Å². The minimum Gasteiger partial charge on any atom is -0.385 e. The molecular formula is C23H27N3O3S. The third kappa shape index (κ3) is 4.00. The topological polar surface area (TPSA) is 53.1 Å². The van der Waals surface area contributed by atoms with Gasteiger partial charge in [0.15, 0.2) is 0 Å². The average molecular weight is 426 g/mol. The first-order chi connectivity index (χ1) is 14.6. The molecule has 1 aromatic heterocycles. The molecule has 2 amide bonds. The molecule has 1 aromatic carbocycles. The van der Waals surface area contributed by atoms with Crippen molar-refractivity contribution >= 4 is 34.4 Å². The van der Waals surface area contributed by atoms with Crippen molar-refractivity contribution in [1.29, 1.82) is 0 Å². The SMILES string of the molecule is COCCCN1C(=O)C(c2cccs2)=C(N2CCN(c3cccc(C)c3)CC2)C1=O. The van der Waals surface area contributed by atoms with E-state index in [4.69, 9.17) is 4.74 Å². The van der Waals surface area contributed by atoms with Gasteiger partial charge in [-0.1, -0.05) is 18.2 Å². The average Bonchev–Trinajstić information content (AvgIpc) is 3.36. The summed E-state index contributed by atoms with van der Waals surface area (Å²) in [4.78, 5) is 33.1. The fourth-order valence-corrected chi connectivity index (χ4v) is 4.85. The highest BCUT2D eigenvalue weighted by Gasteiger charge is 2.42. The van der Waals surface area contributed by atoms with Gasteiger partial charge in [0.05, 0.1) is 5.57 Å². The van der Waals surface area contributed by atoms with Crippen LogP contribution < -0.4 is 4.90 Å². The van der Waals surface area contributed by atoms with E-state index in [9.17, 15) is 9.59 Å². The second-order valence-corrected chi connectivity index (χ2v) is 8.57. The van der Waals surface area contributed by atoms with Crippen molar-refractivity contribution in [3.05, 3.63) is 57.9 Å². The van der Waals surface area contributed by atoms with Crippen LogP contribution in [0.5, 0.6) is 0 Å². The monoisotopic (exact) mass is 425 g/mol. The van der Waals surface area contributed by atoms with Crippen LogP contribution in [-0.4, -0.2) is 68.1 Å². The highest BCUT2D eigenvalue weighted by Crippen LogP contribution is 2.34. The Morgan fingerprint density at radius 3 is 2.43 bits per heavy atom. The molecule has 2 aliphatic heterocycles. The van der Waals surface area contributed by atoms with Crippen LogP contribution in [0.25, 0.3) is 5.57 Å². The Morgan fingerprint density at radius 1 is 1.00 bits per heavy atom. The van der Waals surface area contributed by atoms with Crippen LogP contribution in [0.1, 0.15) is 16.9 Å². The van der Waals surface area contributed by atoms with Crippen molar-refractivity contribution in [2.75, 3.05) is 51.3 Å². The van der Waals surface area contributed by atoms with Gasteiger partial charge in [-0.25, -0.2) is 0 Å². The van der Waals surface area contributed by atoms with E-state index in [0.717, 1.165) is 18.0 Å². The Bertz CT molecular complexity index is 946. The number of methoxy groups -OCH3 is 1. The normalized spacial score (nSPS) is 17.5. The second-order valence-electron chi connectivity index (χ2n) is 7.62. The van der Waals surface area contributed by atoms with Gasteiger partial charge >= 0.3 is 0 Å². The number of benzene rings is 1. The molecule has 7 heteroatoms. The molecular weight excluding hydrogens is 398 g/mol. The van der Waals surface area contributed by atoms with Crippen LogP contribution in [0.15, 0.2) is 47.5 Å². The van der Waals surface area contributed by atoms with Crippen molar-refractivity contribution in [2.45, 2.75) is 13.3 Å². The number of nitrogens with zero attached hydrogens (tertiary/aromatic N) is 3. The van der Waals surface area contributed by atoms with Crippen molar-refractivity contribution < 1.29 is 14.3 Å². The van der Waals surface area contributed by atoms with Gasteiger partial charge in [-0.3, -0.25) is 14.5 Å². The van der Waals surface area contributed by atoms with Gasteiger partial charge < -0.3 is 14.5 Å². The van der Waals surface area contributed by atoms with Crippen LogP contribution in [0.4, 0.5) is 5.69 Å². The van der Waals surface area contributed by atoms with E-state index < -0.39 is 0 Å². The molecule has 30 heavy (non-hydrogen) atoms. The lowest BCUT2D eigenvalue weighted by molar-refractivity contribution is -0.137. The summed E-state index contributed by atoms with van der Waals surface area (Å²) < 4.78 is 5.10. The molecule has 0 aliphatic carbocycles. The minimum atomic E-state index is -0.185. The lowest BCUT2D eigenvalue weighted by Crippen LogP contribution is -2.47. The summed E-state index contributed by atoms with van der Waals surface area (Å²) in [5.41, 5.74) is 3.55. The molecule has 1 saturated heterocycles. The lowest BCUT2D eigenvalue weighted by Gasteiger charge is -2.37. The Labute approximate surface area is 181 Å².